The molecule has 0 saturated heterocycles. The summed E-state index contributed by atoms with van der Waals surface area (Å²) in [7, 11) is 0. The second-order valence-electron chi connectivity index (χ2n) is 8.04. The number of hydrogen-bond donors (Lipinski definition) is 0. The van der Waals surface area contributed by atoms with E-state index in [1.807, 2.05) is 30.3 Å². The molecule has 0 amide bonds. The number of nitrogens with zero attached hydrogens (tertiary/aromatic N) is 2. The fraction of sp³-hybridized carbons (Fsp3) is 0.240. The van der Waals surface area contributed by atoms with Crippen LogP contribution in [0.5, 0.6) is 11.5 Å². The normalized spacial score (nSPS) is 19.0. The number of aromatic nitrogens is 1. The van der Waals surface area contributed by atoms with E-state index in [0.717, 1.165) is 58.5 Å². The number of thiophene rings is 1. The lowest BCUT2D eigenvalue weighted by atomic mass is 9.98. The van der Waals surface area contributed by atoms with Gasteiger partial charge in [0.05, 0.1) is 5.52 Å². The summed E-state index contributed by atoms with van der Waals surface area (Å²) < 4.78 is 27.2. The van der Waals surface area contributed by atoms with Gasteiger partial charge in [0, 0.05) is 41.3 Å². The van der Waals surface area contributed by atoms with E-state index in [-0.39, 0.29) is 11.9 Å². The van der Waals surface area contributed by atoms with Crippen molar-refractivity contribution >= 4 is 37.9 Å². The maximum absolute atomic E-state index is 13.7. The Balaban J connectivity index is 1.17. The van der Waals surface area contributed by atoms with Gasteiger partial charge in [-0.05, 0) is 65.4 Å². The van der Waals surface area contributed by atoms with Crippen molar-refractivity contribution in [3.05, 3.63) is 71.5 Å². The summed E-state index contributed by atoms with van der Waals surface area (Å²) in [4.78, 5) is 6.80. The molecule has 6 rings (SSSR count). The number of pyridine rings is 1. The summed E-state index contributed by atoms with van der Waals surface area (Å²) in [6.07, 6.45) is 4.98. The number of benzene rings is 2. The van der Waals surface area contributed by atoms with Gasteiger partial charge in [-0.3, -0.25) is 9.88 Å². The third-order valence-electron chi connectivity index (χ3n) is 6.05. The zero-order chi connectivity index (χ0) is 20.8. The number of fused-ring (bicyclic) bond motifs is 4. The minimum Gasteiger partial charge on any atom is -0.486 e. The summed E-state index contributed by atoms with van der Waals surface area (Å²) in [5, 5.41) is 4.16. The molecule has 4 heterocycles. The summed E-state index contributed by atoms with van der Waals surface area (Å²) in [6, 6.07) is 12.9. The summed E-state index contributed by atoms with van der Waals surface area (Å²) in [5.41, 5.74) is 3.39. The molecular formula is C25H21FN2O2S. The highest BCUT2D eigenvalue weighted by molar-refractivity contribution is 7.17. The summed E-state index contributed by atoms with van der Waals surface area (Å²) in [6.45, 7) is 3.15. The lowest BCUT2D eigenvalue weighted by Crippen LogP contribution is -2.42. The van der Waals surface area contributed by atoms with Crippen LogP contribution in [0.4, 0.5) is 4.39 Å². The zero-order valence-electron chi connectivity index (χ0n) is 16.9. The number of halogens is 1. The molecule has 0 bridgehead atoms. The Bertz CT molecular complexity index is 1320. The van der Waals surface area contributed by atoms with Crippen molar-refractivity contribution in [2.75, 3.05) is 26.2 Å². The van der Waals surface area contributed by atoms with Crippen molar-refractivity contribution in [3.8, 4) is 11.5 Å². The third kappa shape index (κ3) is 3.46. The molecule has 0 spiro atoms. The maximum atomic E-state index is 13.7. The lowest BCUT2D eigenvalue weighted by molar-refractivity contribution is 0.0632. The van der Waals surface area contributed by atoms with Gasteiger partial charge in [0.15, 0.2) is 11.5 Å². The Morgan fingerprint density at radius 3 is 3.03 bits per heavy atom. The molecule has 0 fully saturated rings. The molecule has 1 unspecified atom stereocenters. The van der Waals surface area contributed by atoms with Gasteiger partial charge in [-0.15, -0.1) is 11.3 Å². The monoisotopic (exact) mass is 432 g/mol. The van der Waals surface area contributed by atoms with E-state index in [2.05, 4.69) is 21.3 Å². The molecule has 1 atom stereocenters. The van der Waals surface area contributed by atoms with E-state index >= 15 is 0 Å². The number of rotatable bonds is 3. The fourth-order valence-corrected chi connectivity index (χ4v) is 5.44. The topological polar surface area (TPSA) is 34.6 Å². The van der Waals surface area contributed by atoms with Gasteiger partial charge < -0.3 is 9.47 Å². The molecule has 2 aliphatic heterocycles. The van der Waals surface area contributed by atoms with Crippen molar-refractivity contribution in [1.29, 1.82) is 0 Å². The second kappa shape index (κ2) is 7.62. The van der Waals surface area contributed by atoms with Crippen LogP contribution in [0.3, 0.4) is 0 Å². The quantitative estimate of drug-likeness (QED) is 0.427. The third-order valence-corrected chi connectivity index (χ3v) is 7.01. The average Bonchev–Trinajstić information content (AvgIpc) is 3.22. The summed E-state index contributed by atoms with van der Waals surface area (Å²) in [5.74, 6) is 1.40. The predicted octanol–water partition coefficient (Wildman–Crippen LogP) is 5.52. The molecule has 31 heavy (non-hydrogen) atoms. The first-order valence-electron chi connectivity index (χ1n) is 10.5. The van der Waals surface area contributed by atoms with Gasteiger partial charge in [-0.25, -0.2) is 4.39 Å². The number of hydrogen-bond acceptors (Lipinski definition) is 5. The van der Waals surface area contributed by atoms with Crippen LogP contribution < -0.4 is 9.47 Å². The molecule has 4 aromatic rings. The van der Waals surface area contributed by atoms with E-state index < -0.39 is 0 Å². The highest BCUT2D eigenvalue weighted by atomic mass is 32.1. The Morgan fingerprint density at radius 2 is 2.13 bits per heavy atom. The van der Waals surface area contributed by atoms with Gasteiger partial charge in [0.2, 0.25) is 0 Å². The second-order valence-corrected chi connectivity index (χ2v) is 8.95. The predicted molar refractivity (Wildman–Crippen MR) is 122 cm³/mol. The van der Waals surface area contributed by atoms with Gasteiger partial charge in [0.1, 0.15) is 18.5 Å². The lowest BCUT2D eigenvalue weighted by Gasteiger charge is -2.33. The van der Waals surface area contributed by atoms with E-state index in [1.54, 1.807) is 23.6 Å². The van der Waals surface area contributed by atoms with Gasteiger partial charge >= 0.3 is 0 Å². The van der Waals surface area contributed by atoms with E-state index in [1.165, 1.54) is 17.2 Å². The SMILES string of the molecule is Fc1ccc2scc(C3=CCN(CC4COc5ccc6ncccc6c5O4)CC3)c2c1. The molecule has 0 aliphatic carbocycles. The van der Waals surface area contributed by atoms with Crippen molar-refractivity contribution in [2.45, 2.75) is 12.5 Å². The fourth-order valence-electron chi connectivity index (χ4n) is 4.47. The Kier molecular flexibility index (Phi) is 4.62. The van der Waals surface area contributed by atoms with Crippen LogP contribution in [0.1, 0.15) is 12.0 Å². The van der Waals surface area contributed by atoms with Crippen LogP contribution in [-0.4, -0.2) is 42.2 Å². The maximum Gasteiger partial charge on any atom is 0.171 e. The molecule has 0 N–H and O–H groups in total. The van der Waals surface area contributed by atoms with Crippen LogP contribution in [0.15, 0.2) is 60.1 Å². The van der Waals surface area contributed by atoms with Crippen LogP contribution in [-0.2, 0) is 0 Å². The van der Waals surface area contributed by atoms with Gasteiger partial charge in [0.25, 0.3) is 0 Å². The first kappa shape index (κ1) is 18.8. The standard InChI is InChI=1S/C25H21FN2O2S/c26-17-3-6-24-20(12-17)21(15-31-24)16-7-10-28(11-8-16)13-18-14-29-23-5-4-22-19(25(23)30-18)2-1-9-27-22/h1-7,9,12,15,18H,8,10-11,13-14H2. The highest BCUT2D eigenvalue weighted by Gasteiger charge is 2.26. The van der Waals surface area contributed by atoms with Gasteiger partial charge in [-0.1, -0.05) is 6.08 Å². The molecule has 6 heteroatoms. The molecule has 4 nitrogen and oxygen atoms in total. The Labute approximate surface area is 183 Å². The van der Waals surface area contributed by atoms with Crippen LogP contribution in [0.2, 0.25) is 0 Å². The van der Waals surface area contributed by atoms with Crippen molar-refractivity contribution in [3.63, 3.8) is 0 Å². The molecule has 0 radical (unpaired) electrons. The minimum atomic E-state index is -0.178. The average molecular weight is 433 g/mol. The molecule has 2 aromatic carbocycles. The molecule has 2 aromatic heterocycles. The smallest absolute Gasteiger partial charge is 0.171 e. The van der Waals surface area contributed by atoms with Crippen LogP contribution in [0.25, 0.3) is 26.6 Å². The van der Waals surface area contributed by atoms with Crippen molar-refractivity contribution in [2.24, 2.45) is 0 Å². The molecule has 156 valence electrons. The number of ether oxygens (including phenoxy) is 2. The minimum absolute atomic E-state index is 0.0238. The Morgan fingerprint density at radius 1 is 1.16 bits per heavy atom. The highest BCUT2D eigenvalue weighted by Crippen LogP contribution is 2.38. The van der Waals surface area contributed by atoms with Crippen molar-refractivity contribution < 1.29 is 13.9 Å². The van der Waals surface area contributed by atoms with Crippen LogP contribution >= 0.6 is 11.3 Å². The van der Waals surface area contributed by atoms with E-state index in [9.17, 15) is 4.39 Å². The first-order valence-corrected chi connectivity index (χ1v) is 11.4. The van der Waals surface area contributed by atoms with E-state index in [4.69, 9.17) is 9.47 Å². The molecular weight excluding hydrogens is 411 g/mol. The largest absolute Gasteiger partial charge is 0.486 e. The summed E-state index contributed by atoms with van der Waals surface area (Å²) >= 11 is 1.68. The zero-order valence-corrected chi connectivity index (χ0v) is 17.7. The van der Waals surface area contributed by atoms with Crippen molar-refractivity contribution in [1.82, 2.24) is 9.88 Å². The van der Waals surface area contributed by atoms with E-state index in [0.29, 0.717) is 6.61 Å². The van der Waals surface area contributed by atoms with Crippen LogP contribution in [0, 0.1) is 5.82 Å². The van der Waals surface area contributed by atoms with Gasteiger partial charge in [-0.2, -0.15) is 0 Å². The molecule has 0 saturated carbocycles. The Hall–Kier alpha value is -2.96. The first-order chi connectivity index (χ1) is 15.2. The molecule has 2 aliphatic rings.